The largest absolute Gasteiger partial charge is 0.348 e. The molecule has 2 aromatic carbocycles. The van der Waals surface area contributed by atoms with Crippen molar-refractivity contribution in [1.29, 1.82) is 0 Å². The van der Waals surface area contributed by atoms with E-state index in [0.717, 1.165) is 11.1 Å². The molecule has 3 aromatic rings. The number of hydrogen-bond acceptors (Lipinski definition) is 4. The molecule has 5 heteroatoms. The summed E-state index contributed by atoms with van der Waals surface area (Å²) in [6.45, 7) is 2.11. The number of aromatic nitrogens is 2. The maximum absolute atomic E-state index is 12.2. The number of rotatable bonds is 5. The minimum Gasteiger partial charge on any atom is -0.348 e. The van der Waals surface area contributed by atoms with Gasteiger partial charge in [-0.1, -0.05) is 53.7 Å². The smallest absolute Gasteiger partial charge is 0.257 e. The highest BCUT2D eigenvalue weighted by Gasteiger charge is 2.16. The van der Waals surface area contributed by atoms with E-state index in [0.29, 0.717) is 11.7 Å². The first-order chi connectivity index (χ1) is 11.2. The minimum absolute atomic E-state index is 0.0674. The maximum Gasteiger partial charge on any atom is 0.257 e. The van der Waals surface area contributed by atoms with Gasteiger partial charge in [-0.2, -0.15) is 4.98 Å². The van der Waals surface area contributed by atoms with Crippen LogP contribution in [0.15, 0.2) is 65.2 Å². The number of nitrogens with zero attached hydrogens (tertiary/aromatic N) is 2. The Morgan fingerprint density at radius 3 is 2.43 bits per heavy atom. The monoisotopic (exact) mass is 307 g/mol. The first kappa shape index (κ1) is 15.0. The summed E-state index contributed by atoms with van der Waals surface area (Å²) >= 11 is 0. The van der Waals surface area contributed by atoms with Crippen LogP contribution in [-0.4, -0.2) is 16.0 Å². The van der Waals surface area contributed by atoms with Crippen molar-refractivity contribution in [1.82, 2.24) is 15.5 Å². The van der Waals surface area contributed by atoms with Gasteiger partial charge in [-0.25, -0.2) is 0 Å². The molecule has 23 heavy (non-hydrogen) atoms. The van der Waals surface area contributed by atoms with Crippen molar-refractivity contribution in [2.45, 2.75) is 19.4 Å². The molecule has 0 saturated heterocycles. The van der Waals surface area contributed by atoms with Crippen LogP contribution in [0.2, 0.25) is 0 Å². The van der Waals surface area contributed by atoms with Gasteiger partial charge in [-0.15, -0.1) is 0 Å². The fourth-order valence-electron chi connectivity index (χ4n) is 2.24. The molecule has 0 aliphatic carbocycles. The molecule has 0 bridgehead atoms. The lowest BCUT2D eigenvalue weighted by Crippen LogP contribution is -2.27. The molecule has 116 valence electrons. The number of hydrogen-bond donors (Lipinski definition) is 1. The van der Waals surface area contributed by atoms with Gasteiger partial charge >= 0.3 is 0 Å². The van der Waals surface area contributed by atoms with E-state index >= 15 is 0 Å². The van der Waals surface area contributed by atoms with Gasteiger partial charge in [0.25, 0.3) is 5.89 Å². The molecular formula is C18H17N3O2. The van der Waals surface area contributed by atoms with E-state index in [2.05, 4.69) is 15.5 Å². The van der Waals surface area contributed by atoms with Crippen molar-refractivity contribution in [3.05, 3.63) is 72.1 Å². The summed E-state index contributed by atoms with van der Waals surface area (Å²) < 4.78 is 5.22. The van der Waals surface area contributed by atoms with Gasteiger partial charge in [0, 0.05) is 5.56 Å². The van der Waals surface area contributed by atoms with Gasteiger partial charge in [-0.3, -0.25) is 4.79 Å². The SMILES string of the molecule is CC(C(=O)NCc1noc(-c2ccccc2)n1)c1ccccc1. The van der Waals surface area contributed by atoms with Crippen molar-refractivity contribution in [2.75, 3.05) is 0 Å². The molecule has 1 atom stereocenters. The quantitative estimate of drug-likeness (QED) is 0.786. The predicted octanol–water partition coefficient (Wildman–Crippen LogP) is 3.16. The predicted molar refractivity (Wildman–Crippen MR) is 86.4 cm³/mol. The summed E-state index contributed by atoms with van der Waals surface area (Å²) in [5.41, 5.74) is 1.83. The zero-order valence-corrected chi connectivity index (χ0v) is 12.8. The topological polar surface area (TPSA) is 68.0 Å². The summed E-state index contributed by atoms with van der Waals surface area (Å²) in [5.74, 6) is 0.613. The summed E-state index contributed by atoms with van der Waals surface area (Å²) in [6.07, 6.45) is 0. The van der Waals surface area contributed by atoms with Crippen LogP contribution in [0.25, 0.3) is 11.5 Å². The van der Waals surface area contributed by atoms with E-state index < -0.39 is 0 Å². The van der Waals surface area contributed by atoms with E-state index in [4.69, 9.17) is 4.52 Å². The van der Waals surface area contributed by atoms with Crippen molar-refractivity contribution in [3.8, 4) is 11.5 Å². The molecule has 0 saturated carbocycles. The number of carbonyl (C=O) groups excluding carboxylic acids is 1. The molecule has 0 spiro atoms. The second kappa shape index (κ2) is 6.87. The standard InChI is InChI=1S/C18H17N3O2/c1-13(14-8-4-2-5-9-14)17(22)19-12-16-20-18(23-21-16)15-10-6-3-7-11-15/h2-11,13H,12H2,1H3,(H,19,22). The third-order valence-electron chi connectivity index (χ3n) is 3.60. The molecule has 1 heterocycles. The molecule has 1 amide bonds. The zero-order valence-electron chi connectivity index (χ0n) is 12.8. The highest BCUT2D eigenvalue weighted by atomic mass is 16.5. The van der Waals surface area contributed by atoms with Crippen LogP contribution in [0.4, 0.5) is 0 Å². The Hall–Kier alpha value is -2.95. The maximum atomic E-state index is 12.2. The van der Waals surface area contributed by atoms with E-state index in [1.54, 1.807) is 0 Å². The van der Waals surface area contributed by atoms with Gasteiger partial charge in [-0.05, 0) is 24.6 Å². The van der Waals surface area contributed by atoms with Crippen LogP contribution >= 0.6 is 0 Å². The highest BCUT2D eigenvalue weighted by molar-refractivity contribution is 5.83. The molecule has 1 aromatic heterocycles. The Labute approximate surface area is 134 Å². The number of carbonyl (C=O) groups is 1. The van der Waals surface area contributed by atoms with Crippen LogP contribution in [0, 0.1) is 0 Å². The first-order valence-corrected chi connectivity index (χ1v) is 7.44. The van der Waals surface area contributed by atoms with Gasteiger partial charge in [0.05, 0.1) is 12.5 Å². The highest BCUT2D eigenvalue weighted by Crippen LogP contribution is 2.17. The van der Waals surface area contributed by atoms with Crippen LogP contribution in [0.3, 0.4) is 0 Å². The summed E-state index contributed by atoms with van der Waals surface area (Å²) in [6, 6.07) is 19.2. The number of benzene rings is 2. The second-order valence-electron chi connectivity index (χ2n) is 5.23. The second-order valence-corrected chi connectivity index (χ2v) is 5.23. The van der Waals surface area contributed by atoms with Crippen molar-refractivity contribution >= 4 is 5.91 Å². The third-order valence-corrected chi connectivity index (χ3v) is 3.60. The van der Waals surface area contributed by atoms with E-state index in [-0.39, 0.29) is 18.4 Å². The Bertz CT molecular complexity index is 769. The van der Waals surface area contributed by atoms with E-state index in [1.807, 2.05) is 67.6 Å². The molecule has 0 aliphatic rings. The lowest BCUT2D eigenvalue weighted by molar-refractivity contribution is -0.122. The van der Waals surface area contributed by atoms with Crippen LogP contribution in [0.5, 0.6) is 0 Å². The third kappa shape index (κ3) is 3.63. The van der Waals surface area contributed by atoms with Crippen molar-refractivity contribution < 1.29 is 9.32 Å². The first-order valence-electron chi connectivity index (χ1n) is 7.44. The fourth-order valence-corrected chi connectivity index (χ4v) is 2.24. The molecule has 3 rings (SSSR count). The lowest BCUT2D eigenvalue weighted by Gasteiger charge is -2.11. The van der Waals surface area contributed by atoms with Gasteiger partial charge in [0.2, 0.25) is 5.91 Å². The average molecular weight is 307 g/mol. The summed E-state index contributed by atoms with van der Waals surface area (Å²) in [4.78, 5) is 16.5. The molecular weight excluding hydrogens is 290 g/mol. The van der Waals surface area contributed by atoms with Gasteiger partial charge in [0.1, 0.15) is 0 Å². The van der Waals surface area contributed by atoms with Crippen LogP contribution in [0.1, 0.15) is 24.2 Å². The molecule has 1 N–H and O–H groups in total. The van der Waals surface area contributed by atoms with Crippen molar-refractivity contribution in [3.63, 3.8) is 0 Å². The Morgan fingerprint density at radius 1 is 1.09 bits per heavy atom. The van der Waals surface area contributed by atoms with Gasteiger partial charge in [0.15, 0.2) is 5.82 Å². The van der Waals surface area contributed by atoms with E-state index in [1.165, 1.54) is 0 Å². The Balaban J connectivity index is 1.61. The Morgan fingerprint density at radius 2 is 1.74 bits per heavy atom. The summed E-state index contributed by atoms with van der Waals surface area (Å²) in [7, 11) is 0. The summed E-state index contributed by atoms with van der Waals surface area (Å²) in [5, 5.41) is 6.73. The molecule has 0 fully saturated rings. The van der Waals surface area contributed by atoms with Crippen LogP contribution in [-0.2, 0) is 11.3 Å². The molecule has 0 radical (unpaired) electrons. The number of nitrogens with one attached hydrogen (secondary N) is 1. The lowest BCUT2D eigenvalue weighted by atomic mass is 10.0. The normalized spacial score (nSPS) is 11.9. The average Bonchev–Trinajstić information content (AvgIpc) is 3.09. The minimum atomic E-state index is -0.225. The van der Waals surface area contributed by atoms with E-state index in [9.17, 15) is 4.79 Å². The molecule has 5 nitrogen and oxygen atoms in total. The fraction of sp³-hybridized carbons (Fsp3) is 0.167. The van der Waals surface area contributed by atoms with Gasteiger partial charge < -0.3 is 9.84 Å². The zero-order chi connectivity index (χ0) is 16.1. The van der Waals surface area contributed by atoms with Crippen molar-refractivity contribution in [2.24, 2.45) is 0 Å². The molecule has 1 unspecified atom stereocenters. The Kier molecular flexibility index (Phi) is 4.47. The molecule has 0 aliphatic heterocycles. The van der Waals surface area contributed by atoms with Crippen LogP contribution < -0.4 is 5.32 Å². The number of amides is 1.